The van der Waals surface area contributed by atoms with Gasteiger partial charge in [-0.05, 0) is 48.4 Å². The third-order valence-electron chi connectivity index (χ3n) is 4.07. The number of esters is 1. The Bertz CT molecular complexity index is 1050. The second-order valence-electron chi connectivity index (χ2n) is 5.71. The summed E-state index contributed by atoms with van der Waals surface area (Å²) < 4.78 is 21.1. The van der Waals surface area contributed by atoms with Crippen molar-refractivity contribution in [3.8, 4) is 28.4 Å². The maximum Gasteiger partial charge on any atom is 0.344 e. The summed E-state index contributed by atoms with van der Waals surface area (Å²) in [7, 11) is 3.08. The molecular weight excluding hydrogens is 336 g/mol. The van der Waals surface area contributed by atoms with Crippen LogP contribution in [0.4, 0.5) is 0 Å². The number of methoxy groups -OCH3 is 2. The second-order valence-corrected chi connectivity index (χ2v) is 5.71. The van der Waals surface area contributed by atoms with Gasteiger partial charge in [0.1, 0.15) is 11.3 Å². The Labute approximate surface area is 149 Å². The minimum atomic E-state index is -0.456. The predicted molar refractivity (Wildman–Crippen MR) is 97.1 cm³/mol. The van der Waals surface area contributed by atoms with E-state index in [4.69, 9.17) is 18.6 Å². The monoisotopic (exact) mass is 354 g/mol. The van der Waals surface area contributed by atoms with E-state index in [1.165, 1.54) is 14.0 Å². The molecule has 6 heteroatoms. The van der Waals surface area contributed by atoms with Gasteiger partial charge in [0.2, 0.25) is 0 Å². The number of benzene rings is 2. The van der Waals surface area contributed by atoms with Gasteiger partial charge in [-0.25, -0.2) is 4.79 Å². The summed E-state index contributed by atoms with van der Waals surface area (Å²) in [5.74, 6) is 1.05. The van der Waals surface area contributed by atoms with Gasteiger partial charge in [0.05, 0.1) is 19.8 Å². The number of hydrogen-bond donors (Lipinski definition) is 0. The summed E-state index contributed by atoms with van der Waals surface area (Å²) in [6, 6.07) is 10.1. The molecule has 0 aliphatic carbocycles. The van der Waals surface area contributed by atoms with Gasteiger partial charge in [0, 0.05) is 12.3 Å². The molecular formula is C20H18O6. The van der Waals surface area contributed by atoms with Gasteiger partial charge in [0.25, 0.3) is 0 Å². The summed E-state index contributed by atoms with van der Waals surface area (Å²) in [6.45, 7) is 3.15. The number of carbonyl (C=O) groups excluding carboxylic acids is 1. The maximum atomic E-state index is 12.5. The number of rotatable bonds is 4. The fraction of sp³-hybridized carbons (Fsp3) is 0.200. The van der Waals surface area contributed by atoms with Gasteiger partial charge in [0.15, 0.2) is 11.5 Å². The lowest BCUT2D eigenvalue weighted by molar-refractivity contribution is -0.131. The number of aryl methyl sites for hydroxylation is 1. The van der Waals surface area contributed by atoms with E-state index < -0.39 is 11.6 Å². The van der Waals surface area contributed by atoms with Crippen LogP contribution in [0.15, 0.2) is 45.6 Å². The van der Waals surface area contributed by atoms with Gasteiger partial charge in [-0.3, -0.25) is 4.79 Å². The van der Waals surface area contributed by atoms with Crippen molar-refractivity contribution in [3.63, 3.8) is 0 Å². The summed E-state index contributed by atoms with van der Waals surface area (Å²) in [5.41, 5.74) is 1.75. The molecule has 0 spiro atoms. The predicted octanol–water partition coefficient (Wildman–Crippen LogP) is 3.71. The van der Waals surface area contributed by atoms with Crippen molar-refractivity contribution in [2.75, 3.05) is 14.2 Å². The van der Waals surface area contributed by atoms with E-state index in [0.717, 1.165) is 5.56 Å². The minimum Gasteiger partial charge on any atom is -0.493 e. The van der Waals surface area contributed by atoms with Gasteiger partial charge >= 0.3 is 11.6 Å². The minimum absolute atomic E-state index is 0.389. The van der Waals surface area contributed by atoms with Crippen LogP contribution >= 0.6 is 0 Å². The maximum absolute atomic E-state index is 12.5. The quantitative estimate of drug-likeness (QED) is 0.404. The van der Waals surface area contributed by atoms with E-state index in [9.17, 15) is 9.59 Å². The third-order valence-corrected chi connectivity index (χ3v) is 4.07. The summed E-state index contributed by atoms with van der Waals surface area (Å²) >= 11 is 0. The van der Waals surface area contributed by atoms with Crippen molar-refractivity contribution in [2.24, 2.45) is 0 Å². The van der Waals surface area contributed by atoms with Gasteiger partial charge in [-0.1, -0.05) is 6.07 Å². The largest absolute Gasteiger partial charge is 0.493 e. The molecule has 0 N–H and O–H groups in total. The van der Waals surface area contributed by atoms with Crippen molar-refractivity contribution >= 4 is 16.9 Å². The lowest BCUT2D eigenvalue weighted by Crippen LogP contribution is -2.07. The van der Waals surface area contributed by atoms with E-state index >= 15 is 0 Å². The van der Waals surface area contributed by atoms with Crippen LogP contribution in [-0.4, -0.2) is 20.2 Å². The highest BCUT2D eigenvalue weighted by Gasteiger charge is 2.16. The van der Waals surface area contributed by atoms with Crippen molar-refractivity contribution in [1.82, 2.24) is 0 Å². The molecule has 0 radical (unpaired) electrons. The Morgan fingerprint density at radius 1 is 1.00 bits per heavy atom. The van der Waals surface area contributed by atoms with Crippen molar-refractivity contribution < 1.29 is 23.4 Å². The molecule has 3 rings (SSSR count). The molecule has 0 fully saturated rings. The van der Waals surface area contributed by atoms with Crippen LogP contribution in [0.2, 0.25) is 0 Å². The van der Waals surface area contributed by atoms with Crippen molar-refractivity contribution in [1.29, 1.82) is 0 Å². The fourth-order valence-electron chi connectivity index (χ4n) is 2.89. The van der Waals surface area contributed by atoms with Crippen molar-refractivity contribution in [2.45, 2.75) is 13.8 Å². The Morgan fingerprint density at radius 2 is 1.73 bits per heavy atom. The number of hydrogen-bond acceptors (Lipinski definition) is 6. The molecule has 26 heavy (non-hydrogen) atoms. The average molecular weight is 354 g/mol. The van der Waals surface area contributed by atoms with E-state index in [0.29, 0.717) is 39.3 Å². The highest BCUT2D eigenvalue weighted by molar-refractivity contribution is 5.88. The first kappa shape index (κ1) is 17.5. The SMILES string of the molecule is COc1ccc(-c2c(C)c3cc(OC(C)=O)ccc3oc2=O)cc1OC. The highest BCUT2D eigenvalue weighted by atomic mass is 16.5. The van der Waals surface area contributed by atoms with Gasteiger partial charge in [-0.2, -0.15) is 0 Å². The summed E-state index contributed by atoms with van der Waals surface area (Å²) in [4.78, 5) is 23.7. The fourth-order valence-corrected chi connectivity index (χ4v) is 2.89. The molecule has 0 aliphatic rings. The second kappa shape index (κ2) is 6.92. The molecule has 1 aromatic heterocycles. The van der Waals surface area contributed by atoms with Gasteiger partial charge in [-0.15, -0.1) is 0 Å². The van der Waals surface area contributed by atoms with E-state index in [2.05, 4.69) is 0 Å². The molecule has 0 unspecified atom stereocenters. The average Bonchev–Trinajstić information content (AvgIpc) is 2.61. The zero-order chi connectivity index (χ0) is 18.8. The third kappa shape index (κ3) is 3.13. The zero-order valence-corrected chi connectivity index (χ0v) is 14.9. The highest BCUT2D eigenvalue weighted by Crippen LogP contribution is 2.34. The van der Waals surface area contributed by atoms with Gasteiger partial charge < -0.3 is 18.6 Å². The Kier molecular flexibility index (Phi) is 4.67. The normalized spacial score (nSPS) is 10.6. The lowest BCUT2D eigenvalue weighted by atomic mass is 9.99. The molecule has 134 valence electrons. The van der Waals surface area contributed by atoms with E-state index in [1.54, 1.807) is 43.5 Å². The van der Waals surface area contributed by atoms with E-state index in [-0.39, 0.29) is 0 Å². The van der Waals surface area contributed by atoms with Crippen molar-refractivity contribution in [3.05, 3.63) is 52.4 Å². The first-order valence-corrected chi connectivity index (χ1v) is 7.93. The smallest absolute Gasteiger partial charge is 0.344 e. The molecule has 3 aromatic rings. The Morgan fingerprint density at radius 3 is 2.38 bits per heavy atom. The molecule has 0 saturated heterocycles. The summed E-state index contributed by atoms with van der Waals surface area (Å²) in [6.07, 6.45) is 0. The molecule has 0 saturated carbocycles. The Hall–Kier alpha value is -3.28. The van der Waals surface area contributed by atoms with Crippen LogP contribution in [0.25, 0.3) is 22.1 Å². The topological polar surface area (TPSA) is 75.0 Å². The molecule has 0 aliphatic heterocycles. The van der Waals surface area contributed by atoms with E-state index in [1.807, 2.05) is 6.92 Å². The van der Waals surface area contributed by atoms with Crippen LogP contribution in [0.3, 0.4) is 0 Å². The standard InChI is InChI=1S/C20H18O6/c1-11-15-10-14(25-12(2)21)6-8-16(15)26-20(22)19(11)13-5-7-17(23-3)18(9-13)24-4/h5-10H,1-4H3. The molecule has 1 heterocycles. The van der Waals surface area contributed by atoms with Crippen LogP contribution in [-0.2, 0) is 4.79 Å². The van der Waals surface area contributed by atoms with Crippen LogP contribution < -0.4 is 19.8 Å². The molecule has 0 atom stereocenters. The lowest BCUT2D eigenvalue weighted by Gasteiger charge is -2.12. The number of ether oxygens (including phenoxy) is 3. The molecule has 0 amide bonds. The molecule has 2 aromatic carbocycles. The first-order chi connectivity index (χ1) is 12.4. The van der Waals surface area contributed by atoms with Crippen LogP contribution in [0.5, 0.6) is 17.2 Å². The number of fused-ring (bicyclic) bond motifs is 1. The van der Waals surface area contributed by atoms with Crippen LogP contribution in [0, 0.1) is 6.92 Å². The molecule has 0 bridgehead atoms. The Balaban J connectivity index is 2.22. The van der Waals surface area contributed by atoms with Crippen LogP contribution in [0.1, 0.15) is 12.5 Å². The first-order valence-electron chi connectivity index (χ1n) is 7.93. The summed E-state index contributed by atoms with van der Waals surface area (Å²) in [5, 5.41) is 0.688. The number of carbonyl (C=O) groups is 1. The zero-order valence-electron chi connectivity index (χ0n) is 14.9. The molecule has 6 nitrogen and oxygen atoms in total.